The first-order valence-electron chi connectivity index (χ1n) is 9.46. The van der Waals surface area contributed by atoms with E-state index in [0.717, 1.165) is 16.7 Å². The average Bonchev–Trinajstić information content (AvgIpc) is 3.32. The topological polar surface area (TPSA) is 96.9 Å². The number of nitrogens with one attached hydrogen (secondary N) is 1. The molecule has 1 aliphatic heterocycles. The van der Waals surface area contributed by atoms with Crippen LogP contribution in [0.1, 0.15) is 27.7 Å². The van der Waals surface area contributed by atoms with Crippen LogP contribution in [-0.2, 0) is 9.47 Å². The number of amides is 1. The highest BCUT2D eigenvalue weighted by Crippen LogP contribution is 2.44. The number of rotatable bonds is 7. The van der Waals surface area contributed by atoms with E-state index in [2.05, 4.69) is 10.2 Å². The van der Waals surface area contributed by atoms with Gasteiger partial charge >= 0.3 is 0 Å². The maximum absolute atomic E-state index is 13.3. The van der Waals surface area contributed by atoms with Gasteiger partial charge in [0.05, 0.1) is 25.4 Å². The molecule has 0 bridgehead atoms. The largest absolute Gasteiger partial charge is 0.504 e. The summed E-state index contributed by atoms with van der Waals surface area (Å²) in [5, 5.41) is 17.4. The number of phenols is 1. The Morgan fingerprint density at radius 3 is 2.53 bits per heavy atom. The molecule has 30 heavy (non-hydrogen) atoms. The second kappa shape index (κ2) is 8.17. The van der Waals surface area contributed by atoms with Crippen LogP contribution in [0.15, 0.2) is 48.5 Å². The third kappa shape index (κ3) is 3.30. The lowest BCUT2D eigenvalue weighted by molar-refractivity contribution is -0.113. The number of carbonyl (C=O) groups excluding carboxylic acids is 1. The number of aromatic amines is 1. The van der Waals surface area contributed by atoms with Gasteiger partial charge in [0.15, 0.2) is 17.8 Å². The zero-order valence-electron chi connectivity index (χ0n) is 17.0. The van der Waals surface area contributed by atoms with Crippen LogP contribution in [0.2, 0.25) is 0 Å². The lowest BCUT2D eigenvalue weighted by Gasteiger charge is -2.29. The molecule has 0 aliphatic carbocycles. The van der Waals surface area contributed by atoms with E-state index < -0.39 is 12.3 Å². The number of ether oxygens (including phenoxy) is 3. The van der Waals surface area contributed by atoms with Gasteiger partial charge in [0.2, 0.25) is 0 Å². The normalized spacial score (nSPS) is 15.7. The van der Waals surface area contributed by atoms with E-state index in [9.17, 15) is 9.90 Å². The van der Waals surface area contributed by atoms with Crippen LogP contribution < -0.4 is 4.74 Å². The number of methoxy groups -OCH3 is 3. The summed E-state index contributed by atoms with van der Waals surface area (Å²) < 4.78 is 16.0. The molecule has 8 nitrogen and oxygen atoms in total. The third-order valence-electron chi connectivity index (χ3n) is 5.30. The van der Waals surface area contributed by atoms with Crippen LogP contribution >= 0.6 is 0 Å². The number of carbonyl (C=O) groups is 1. The molecular weight excluding hydrogens is 386 g/mol. The molecule has 0 saturated heterocycles. The minimum absolute atomic E-state index is 0.0273. The van der Waals surface area contributed by atoms with E-state index in [1.54, 1.807) is 23.1 Å². The van der Waals surface area contributed by atoms with Gasteiger partial charge in [-0.3, -0.25) is 9.89 Å². The van der Waals surface area contributed by atoms with Crippen LogP contribution in [-0.4, -0.2) is 60.3 Å². The summed E-state index contributed by atoms with van der Waals surface area (Å²) in [6, 6.07) is 14.3. The Hall–Kier alpha value is -3.36. The molecule has 156 valence electrons. The van der Waals surface area contributed by atoms with Crippen molar-refractivity contribution < 1.29 is 24.1 Å². The third-order valence-corrected chi connectivity index (χ3v) is 5.30. The molecule has 2 aromatic carbocycles. The number of hydrogen-bond acceptors (Lipinski definition) is 6. The molecule has 1 aliphatic rings. The van der Waals surface area contributed by atoms with Crippen molar-refractivity contribution >= 4 is 5.91 Å². The Morgan fingerprint density at radius 2 is 1.87 bits per heavy atom. The average molecular weight is 409 g/mol. The lowest BCUT2D eigenvalue weighted by atomic mass is 9.95. The van der Waals surface area contributed by atoms with Crippen molar-refractivity contribution in [1.29, 1.82) is 0 Å². The van der Waals surface area contributed by atoms with Crippen molar-refractivity contribution in [3.05, 3.63) is 65.4 Å². The van der Waals surface area contributed by atoms with Crippen molar-refractivity contribution in [2.24, 2.45) is 0 Å². The summed E-state index contributed by atoms with van der Waals surface area (Å²) in [7, 11) is 4.55. The molecule has 0 spiro atoms. The first-order valence-corrected chi connectivity index (χ1v) is 9.46. The van der Waals surface area contributed by atoms with Gasteiger partial charge in [-0.25, -0.2) is 0 Å². The van der Waals surface area contributed by atoms with Crippen molar-refractivity contribution in [1.82, 2.24) is 15.1 Å². The van der Waals surface area contributed by atoms with Gasteiger partial charge in [0.1, 0.15) is 5.69 Å². The van der Waals surface area contributed by atoms with E-state index >= 15 is 0 Å². The van der Waals surface area contributed by atoms with Crippen LogP contribution in [0.25, 0.3) is 11.3 Å². The summed E-state index contributed by atoms with van der Waals surface area (Å²) in [6.45, 7) is 0.219. The molecule has 3 aromatic rings. The monoisotopic (exact) mass is 409 g/mol. The van der Waals surface area contributed by atoms with E-state index in [4.69, 9.17) is 14.2 Å². The van der Waals surface area contributed by atoms with Crippen molar-refractivity contribution in [2.45, 2.75) is 12.3 Å². The number of nitrogens with zero attached hydrogens (tertiary/aromatic N) is 2. The molecule has 4 rings (SSSR count). The molecule has 1 unspecified atom stereocenters. The minimum atomic E-state index is -0.590. The molecule has 8 heteroatoms. The molecule has 2 N–H and O–H groups in total. The SMILES string of the molecule is COc1cc(C2c3c(-c4ccccc4)n[nH]c3C(=O)N2CC(OC)OC)ccc1O. The Balaban J connectivity index is 1.87. The molecular formula is C22H23N3O5. The molecule has 0 saturated carbocycles. The highest BCUT2D eigenvalue weighted by molar-refractivity contribution is 6.00. The molecule has 1 aromatic heterocycles. The van der Waals surface area contributed by atoms with Gasteiger partial charge < -0.3 is 24.2 Å². The molecule has 1 atom stereocenters. The van der Waals surface area contributed by atoms with Crippen LogP contribution in [0.3, 0.4) is 0 Å². The summed E-state index contributed by atoms with van der Waals surface area (Å²) in [6.07, 6.45) is -0.590. The number of phenolic OH excluding ortho intramolecular Hbond substituents is 1. The second-order valence-corrected chi connectivity index (χ2v) is 6.92. The predicted molar refractivity (Wildman–Crippen MR) is 109 cm³/mol. The summed E-state index contributed by atoms with van der Waals surface area (Å²) in [5.74, 6) is 0.156. The van der Waals surface area contributed by atoms with Crippen LogP contribution in [0.4, 0.5) is 0 Å². The molecule has 2 heterocycles. The Morgan fingerprint density at radius 1 is 1.13 bits per heavy atom. The fraction of sp³-hybridized carbons (Fsp3) is 0.273. The Bertz CT molecular complexity index is 1050. The Kier molecular flexibility index (Phi) is 5.43. The maximum atomic E-state index is 13.3. The number of aromatic hydroxyl groups is 1. The van der Waals surface area contributed by atoms with Gasteiger partial charge in [-0.2, -0.15) is 5.10 Å². The fourth-order valence-corrected chi connectivity index (χ4v) is 3.82. The smallest absolute Gasteiger partial charge is 0.273 e. The highest BCUT2D eigenvalue weighted by atomic mass is 16.7. The Labute approximate surface area is 174 Å². The molecule has 0 fully saturated rings. The number of fused-ring (bicyclic) bond motifs is 1. The lowest BCUT2D eigenvalue weighted by Crippen LogP contribution is -2.38. The second-order valence-electron chi connectivity index (χ2n) is 6.92. The molecule has 1 amide bonds. The van der Waals surface area contributed by atoms with Gasteiger partial charge in [-0.15, -0.1) is 0 Å². The van der Waals surface area contributed by atoms with Crippen molar-refractivity contribution in [3.8, 4) is 22.8 Å². The van der Waals surface area contributed by atoms with Gasteiger partial charge in [-0.05, 0) is 17.7 Å². The van der Waals surface area contributed by atoms with E-state index in [1.165, 1.54) is 21.3 Å². The van der Waals surface area contributed by atoms with Gasteiger partial charge in [0.25, 0.3) is 5.91 Å². The highest BCUT2D eigenvalue weighted by Gasteiger charge is 2.43. The maximum Gasteiger partial charge on any atom is 0.273 e. The predicted octanol–water partition coefficient (Wildman–Crippen LogP) is 2.96. The van der Waals surface area contributed by atoms with Gasteiger partial charge in [0, 0.05) is 25.3 Å². The number of benzene rings is 2. The minimum Gasteiger partial charge on any atom is -0.504 e. The fourth-order valence-electron chi connectivity index (χ4n) is 3.82. The van der Waals surface area contributed by atoms with Crippen molar-refractivity contribution in [3.63, 3.8) is 0 Å². The van der Waals surface area contributed by atoms with Crippen LogP contribution in [0.5, 0.6) is 11.5 Å². The van der Waals surface area contributed by atoms with Crippen molar-refractivity contribution in [2.75, 3.05) is 27.9 Å². The van der Waals surface area contributed by atoms with E-state index in [1.807, 2.05) is 30.3 Å². The van der Waals surface area contributed by atoms with E-state index in [0.29, 0.717) is 17.1 Å². The molecule has 0 radical (unpaired) electrons. The zero-order chi connectivity index (χ0) is 21.3. The zero-order valence-corrected chi connectivity index (χ0v) is 17.0. The number of aromatic nitrogens is 2. The van der Waals surface area contributed by atoms with Gasteiger partial charge in [-0.1, -0.05) is 36.4 Å². The number of hydrogen-bond donors (Lipinski definition) is 2. The summed E-state index contributed by atoms with van der Waals surface area (Å²) in [4.78, 5) is 15.0. The first kappa shape index (κ1) is 19.9. The quantitative estimate of drug-likeness (QED) is 0.583. The van der Waals surface area contributed by atoms with E-state index in [-0.39, 0.29) is 18.2 Å². The summed E-state index contributed by atoms with van der Waals surface area (Å²) in [5.41, 5.74) is 3.57. The standard InChI is InChI=1S/C22H23N3O5/c1-28-16-11-14(9-10-15(16)26)21-18-19(13-7-5-4-6-8-13)23-24-20(18)22(27)25(21)12-17(29-2)30-3/h4-11,17,21,26H,12H2,1-3H3,(H,23,24). The number of H-pyrrole nitrogens is 1. The summed E-state index contributed by atoms with van der Waals surface area (Å²) >= 11 is 0. The van der Waals surface area contributed by atoms with Crippen LogP contribution in [0, 0.1) is 0 Å². The first-order chi connectivity index (χ1) is 14.6.